The Morgan fingerprint density at radius 2 is 2.16 bits per heavy atom. The average molecular weight is 273 g/mol. The van der Waals surface area contributed by atoms with Crippen LogP contribution in [0.5, 0.6) is 5.75 Å². The van der Waals surface area contributed by atoms with Gasteiger partial charge in [-0.1, -0.05) is 0 Å². The first-order valence-corrected chi connectivity index (χ1v) is 6.99. The summed E-state index contributed by atoms with van der Waals surface area (Å²) in [7, 11) is 1.66. The molecule has 0 radical (unpaired) electrons. The van der Waals surface area contributed by atoms with Crippen molar-refractivity contribution in [3.8, 4) is 5.75 Å². The Balaban J connectivity index is 2.12. The van der Waals surface area contributed by atoms with Crippen LogP contribution in [-0.2, 0) is 0 Å². The molecule has 2 aromatic heterocycles. The van der Waals surface area contributed by atoms with Gasteiger partial charge >= 0.3 is 0 Å². The van der Waals surface area contributed by atoms with E-state index in [0.717, 1.165) is 33.6 Å². The molecule has 1 atom stereocenters. The van der Waals surface area contributed by atoms with Gasteiger partial charge in [0, 0.05) is 10.9 Å². The largest absolute Gasteiger partial charge is 0.497 e. The fourth-order valence-electron chi connectivity index (χ4n) is 2.25. The van der Waals surface area contributed by atoms with E-state index in [9.17, 15) is 0 Å². The van der Waals surface area contributed by atoms with Gasteiger partial charge < -0.3 is 14.9 Å². The van der Waals surface area contributed by atoms with Gasteiger partial charge in [0.1, 0.15) is 17.1 Å². The summed E-state index contributed by atoms with van der Waals surface area (Å²) in [5, 5.41) is 5.13. The maximum Gasteiger partial charge on any atom is 0.134 e. The third kappa shape index (κ3) is 2.03. The van der Waals surface area contributed by atoms with Crippen molar-refractivity contribution in [3.05, 3.63) is 51.9 Å². The van der Waals surface area contributed by atoms with Crippen molar-refractivity contribution in [1.82, 2.24) is 0 Å². The molecule has 0 saturated carbocycles. The van der Waals surface area contributed by atoms with Crippen molar-refractivity contribution in [3.63, 3.8) is 0 Å². The summed E-state index contributed by atoms with van der Waals surface area (Å²) in [5.41, 5.74) is 9.28. The van der Waals surface area contributed by atoms with E-state index in [-0.39, 0.29) is 6.04 Å². The number of furan rings is 1. The Morgan fingerprint density at radius 3 is 2.84 bits per heavy atom. The van der Waals surface area contributed by atoms with Gasteiger partial charge in [-0.3, -0.25) is 0 Å². The average Bonchev–Trinajstić information content (AvgIpc) is 3.06. The topological polar surface area (TPSA) is 48.4 Å². The van der Waals surface area contributed by atoms with Gasteiger partial charge in [-0.15, -0.1) is 0 Å². The number of benzene rings is 1. The molecule has 98 valence electrons. The normalized spacial score (nSPS) is 12.8. The fourth-order valence-corrected chi connectivity index (χ4v) is 2.94. The van der Waals surface area contributed by atoms with Crippen LogP contribution in [-0.4, -0.2) is 7.11 Å². The van der Waals surface area contributed by atoms with Gasteiger partial charge in [-0.05, 0) is 47.5 Å². The predicted molar refractivity (Wildman–Crippen MR) is 77.9 cm³/mol. The number of rotatable bonds is 3. The molecule has 0 bridgehead atoms. The van der Waals surface area contributed by atoms with Crippen molar-refractivity contribution in [2.75, 3.05) is 7.11 Å². The summed E-state index contributed by atoms with van der Waals surface area (Å²) in [6.07, 6.45) is 0. The minimum Gasteiger partial charge on any atom is -0.497 e. The first kappa shape index (κ1) is 12.3. The molecular weight excluding hydrogens is 258 g/mol. The van der Waals surface area contributed by atoms with E-state index in [0.29, 0.717) is 0 Å². The molecule has 4 heteroatoms. The van der Waals surface area contributed by atoms with Crippen LogP contribution in [0.25, 0.3) is 11.0 Å². The van der Waals surface area contributed by atoms with Crippen LogP contribution in [0.1, 0.15) is 22.9 Å². The molecule has 1 unspecified atom stereocenters. The lowest BCUT2D eigenvalue weighted by atomic mass is 10.0. The van der Waals surface area contributed by atoms with E-state index in [2.05, 4.69) is 5.38 Å². The second kappa shape index (κ2) is 4.72. The summed E-state index contributed by atoms with van der Waals surface area (Å²) < 4.78 is 11.2. The highest BCUT2D eigenvalue weighted by molar-refractivity contribution is 7.08. The number of hydrogen-bond acceptors (Lipinski definition) is 4. The van der Waals surface area contributed by atoms with Crippen LogP contribution in [0.15, 0.2) is 39.4 Å². The predicted octanol–water partition coefficient (Wildman–Crippen LogP) is 3.86. The van der Waals surface area contributed by atoms with Crippen molar-refractivity contribution >= 4 is 22.3 Å². The van der Waals surface area contributed by atoms with Crippen molar-refractivity contribution in [1.29, 1.82) is 0 Å². The Hall–Kier alpha value is -1.78. The van der Waals surface area contributed by atoms with Crippen molar-refractivity contribution in [2.24, 2.45) is 5.73 Å². The van der Waals surface area contributed by atoms with Crippen molar-refractivity contribution in [2.45, 2.75) is 13.0 Å². The second-order valence-corrected chi connectivity index (χ2v) is 5.27. The third-order valence-corrected chi connectivity index (χ3v) is 4.07. The minimum atomic E-state index is -0.218. The molecule has 3 rings (SSSR count). The molecule has 0 aliphatic carbocycles. The molecule has 0 aliphatic rings. The van der Waals surface area contributed by atoms with Crippen LogP contribution in [0, 0.1) is 6.92 Å². The van der Waals surface area contributed by atoms with Crippen LogP contribution in [0.2, 0.25) is 0 Å². The van der Waals surface area contributed by atoms with Crippen molar-refractivity contribution < 1.29 is 9.15 Å². The van der Waals surface area contributed by atoms with E-state index >= 15 is 0 Å². The summed E-state index contributed by atoms with van der Waals surface area (Å²) in [4.78, 5) is 0. The highest BCUT2D eigenvalue weighted by atomic mass is 32.1. The highest BCUT2D eigenvalue weighted by Crippen LogP contribution is 2.33. The maximum atomic E-state index is 6.28. The molecule has 3 aromatic rings. The number of nitrogens with two attached hydrogens (primary N) is 1. The maximum absolute atomic E-state index is 6.28. The number of methoxy groups -OCH3 is 1. The molecule has 1 aromatic carbocycles. The van der Waals surface area contributed by atoms with E-state index in [1.807, 2.05) is 36.6 Å². The lowest BCUT2D eigenvalue weighted by Crippen LogP contribution is -2.10. The van der Waals surface area contributed by atoms with Crippen LogP contribution in [0.4, 0.5) is 0 Å². The third-order valence-electron chi connectivity index (χ3n) is 3.37. The summed E-state index contributed by atoms with van der Waals surface area (Å²) in [6, 6.07) is 7.61. The Morgan fingerprint density at radius 1 is 1.32 bits per heavy atom. The zero-order valence-electron chi connectivity index (χ0n) is 10.8. The summed E-state index contributed by atoms with van der Waals surface area (Å²) in [5.74, 6) is 1.65. The van der Waals surface area contributed by atoms with Crippen LogP contribution in [0.3, 0.4) is 0 Å². The summed E-state index contributed by atoms with van der Waals surface area (Å²) >= 11 is 1.64. The van der Waals surface area contributed by atoms with E-state index in [1.54, 1.807) is 18.4 Å². The molecule has 19 heavy (non-hydrogen) atoms. The number of aryl methyl sites for hydroxylation is 1. The molecule has 2 heterocycles. The zero-order valence-corrected chi connectivity index (χ0v) is 11.7. The fraction of sp³-hybridized carbons (Fsp3) is 0.200. The van der Waals surface area contributed by atoms with Gasteiger partial charge in [0.05, 0.1) is 13.2 Å². The first-order chi connectivity index (χ1) is 9.20. The van der Waals surface area contributed by atoms with Gasteiger partial charge in [0.2, 0.25) is 0 Å². The second-order valence-electron chi connectivity index (χ2n) is 4.49. The lowest BCUT2D eigenvalue weighted by Gasteiger charge is -2.07. The minimum absolute atomic E-state index is 0.218. The number of ether oxygens (including phenoxy) is 1. The van der Waals surface area contributed by atoms with E-state index in [4.69, 9.17) is 14.9 Å². The van der Waals surface area contributed by atoms with E-state index in [1.165, 1.54) is 0 Å². The Labute approximate surface area is 115 Å². The summed E-state index contributed by atoms with van der Waals surface area (Å²) in [6.45, 7) is 2.03. The number of thiophene rings is 1. The van der Waals surface area contributed by atoms with Gasteiger partial charge in [-0.25, -0.2) is 0 Å². The first-order valence-electron chi connectivity index (χ1n) is 6.05. The highest BCUT2D eigenvalue weighted by Gasteiger charge is 2.19. The van der Waals surface area contributed by atoms with Crippen LogP contribution < -0.4 is 10.5 Å². The van der Waals surface area contributed by atoms with Gasteiger partial charge in [-0.2, -0.15) is 11.3 Å². The monoisotopic (exact) mass is 273 g/mol. The molecule has 2 N–H and O–H groups in total. The van der Waals surface area contributed by atoms with Crippen LogP contribution >= 0.6 is 11.3 Å². The molecule has 0 saturated heterocycles. The van der Waals surface area contributed by atoms with Gasteiger partial charge in [0.15, 0.2) is 0 Å². The smallest absolute Gasteiger partial charge is 0.134 e. The Kier molecular flexibility index (Phi) is 3.05. The van der Waals surface area contributed by atoms with Gasteiger partial charge in [0.25, 0.3) is 0 Å². The molecule has 0 spiro atoms. The van der Waals surface area contributed by atoms with E-state index < -0.39 is 0 Å². The molecule has 0 fully saturated rings. The zero-order chi connectivity index (χ0) is 13.4. The molecule has 0 aliphatic heterocycles. The number of fused-ring (bicyclic) bond motifs is 1. The standard InChI is InChI=1S/C15H15NO2S/c1-9-12-7-11(17-2)3-4-13(12)18-15(9)14(16)10-5-6-19-8-10/h3-8,14H,16H2,1-2H3. The molecule has 3 nitrogen and oxygen atoms in total. The molecule has 0 amide bonds. The SMILES string of the molecule is COc1ccc2oc(C(N)c3ccsc3)c(C)c2c1. The molecular formula is C15H15NO2S. The lowest BCUT2D eigenvalue weighted by molar-refractivity contribution is 0.415. The Bertz CT molecular complexity index is 700. The number of hydrogen-bond donors (Lipinski definition) is 1. The quantitative estimate of drug-likeness (QED) is 0.788.